The van der Waals surface area contributed by atoms with E-state index in [0.717, 1.165) is 5.56 Å². The van der Waals surface area contributed by atoms with E-state index in [2.05, 4.69) is 10.2 Å². The van der Waals surface area contributed by atoms with Crippen LogP contribution in [0.3, 0.4) is 0 Å². The molecule has 3 aromatic rings. The summed E-state index contributed by atoms with van der Waals surface area (Å²) in [5, 5.41) is 8.00. The quantitative estimate of drug-likeness (QED) is 0.733. The molecular formula is C18H13FN2O3. The molecule has 0 amide bonds. The topological polar surface area (TPSA) is 57.4 Å². The van der Waals surface area contributed by atoms with E-state index in [-0.39, 0.29) is 5.82 Å². The number of fused-ring (bicyclic) bond motifs is 1. The lowest BCUT2D eigenvalue weighted by atomic mass is 10.2. The molecule has 0 fully saturated rings. The Balaban J connectivity index is 1.56. The van der Waals surface area contributed by atoms with Gasteiger partial charge in [-0.25, -0.2) is 4.39 Å². The predicted octanol–water partition coefficient (Wildman–Crippen LogP) is 3.82. The molecule has 4 rings (SSSR count). The number of hydrogen-bond donors (Lipinski definition) is 0. The fourth-order valence-corrected chi connectivity index (χ4v) is 2.37. The molecule has 0 saturated carbocycles. The average Bonchev–Trinajstić information content (AvgIpc) is 3.09. The van der Waals surface area contributed by atoms with Gasteiger partial charge in [-0.15, -0.1) is 10.2 Å². The van der Waals surface area contributed by atoms with Gasteiger partial charge in [-0.1, -0.05) is 12.1 Å². The van der Waals surface area contributed by atoms with E-state index in [9.17, 15) is 4.39 Å². The molecule has 0 radical (unpaired) electrons. The summed E-state index contributed by atoms with van der Waals surface area (Å²) in [6.07, 6.45) is 3.35. The molecule has 0 spiro atoms. The van der Waals surface area contributed by atoms with Gasteiger partial charge in [-0.05, 0) is 42.0 Å². The highest BCUT2D eigenvalue weighted by molar-refractivity contribution is 5.67. The largest absolute Gasteiger partial charge is 0.486 e. The van der Waals surface area contributed by atoms with E-state index in [1.54, 1.807) is 24.3 Å². The second-order valence-electron chi connectivity index (χ2n) is 5.19. The van der Waals surface area contributed by atoms with Crippen LogP contribution in [-0.4, -0.2) is 23.4 Å². The van der Waals surface area contributed by atoms with E-state index in [4.69, 9.17) is 13.9 Å². The Morgan fingerprint density at radius 1 is 0.917 bits per heavy atom. The maximum atomic E-state index is 13.1. The van der Waals surface area contributed by atoms with Gasteiger partial charge in [0, 0.05) is 11.6 Å². The summed E-state index contributed by atoms with van der Waals surface area (Å²) in [5.41, 5.74) is 1.46. The molecule has 0 saturated heterocycles. The summed E-state index contributed by atoms with van der Waals surface area (Å²) < 4.78 is 29.8. The number of aromatic nitrogens is 2. The first kappa shape index (κ1) is 14.4. The molecule has 0 N–H and O–H groups in total. The number of hydrogen-bond acceptors (Lipinski definition) is 5. The zero-order valence-corrected chi connectivity index (χ0v) is 12.6. The van der Waals surface area contributed by atoms with Crippen LogP contribution in [0, 0.1) is 5.82 Å². The summed E-state index contributed by atoms with van der Waals surface area (Å²) in [6.45, 7) is 1.06. The predicted molar refractivity (Wildman–Crippen MR) is 86.1 cm³/mol. The second kappa shape index (κ2) is 6.16. The minimum absolute atomic E-state index is 0.292. The van der Waals surface area contributed by atoms with Crippen LogP contribution in [0.2, 0.25) is 0 Å². The Labute approximate surface area is 137 Å². The Hall–Kier alpha value is -3.15. The first-order valence-corrected chi connectivity index (χ1v) is 7.45. The van der Waals surface area contributed by atoms with Gasteiger partial charge in [0.05, 0.1) is 0 Å². The summed E-state index contributed by atoms with van der Waals surface area (Å²) >= 11 is 0. The van der Waals surface area contributed by atoms with Gasteiger partial charge in [0.1, 0.15) is 19.0 Å². The van der Waals surface area contributed by atoms with E-state index in [1.807, 2.05) is 18.2 Å². The lowest BCUT2D eigenvalue weighted by molar-refractivity contribution is 0.171. The molecule has 1 aliphatic heterocycles. The lowest BCUT2D eigenvalue weighted by Gasteiger charge is -2.18. The van der Waals surface area contributed by atoms with Gasteiger partial charge in [0.2, 0.25) is 11.8 Å². The zero-order chi connectivity index (χ0) is 16.4. The van der Waals surface area contributed by atoms with Crippen LogP contribution in [0.5, 0.6) is 11.5 Å². The molecule has 2 heterocycles. The third-order valence-electron chi connectivity index (χ3n) is 3.50. The Morgan fingerprint density at radius 2 is 1.79 bits per heavy atom. The van der Waals surface area contributed by atoms with Gasteiger partial charge < -0.3 is 13.9 Å². The molecule has 0 atom stereocenters. The number of halogens is 1. The van der Waals surface area contributed by atoms with E-state index in [1.165, 1.54) is 12.1 Å². The highest BCUT2D eigenvalue weighted by Gasteiger charge is 2.15. The fourth-order valence-electron chi connectivity index (χ4n) is 2.37. The molecule has 1 aliphatic rings. The first-order chi connectivity index (χ1) is 11.8. The third kappa shape index (κ3) is 2.99. The maximum Gasteiger partial charge on any atom is 0.248 e. The molecule has 0 aliphatic carbocycles. The zero-order valence-electron chi connectivity index (χ0n) is 12.6. The molecule has 0 unspecified atom stereocenters. The van der Waals surface area contributed by atoms with Gasteiger partial charge in [0.25, 0.3) is 0 Å². The summed E-state index contributed by atoms with van der Waals surface area (Å²) in [7, 11) is 0. The monoisotopic (exact) mass is 324 g/mol. The van der Waals surface area contributed by atoms with Crippen molar-refractivity contribution in [2.24, 2.45) is 0 Å². The normalized spacial score (nSPS) is 13.4. The molecule has 1 aromatic heterocycles. The van der Waals surface area contributed by atoms with E-state index in [0.29, 0.717) is 42.1 Å². The number of benzene rings is 2. The van der Waals surface area contributed by atoms with Crippen molar-refractivity contribution in [3.63, 3.8) is 0 Å². The van der Waals surface area contributed by atoms with Crippen LogP contribution in [0.25, 0.3) is 23.6 Å². The standard InChI is InChI=1S/C18H13FN2O3/c19-14-3-1-2-12(10-14)4-7-17-20-21-18(24-17)13-5-6-15-16(11-13)23-9-8-22-15/h1-7,10-11H,8-9H2/b7-4+. The summed E-state index contributed by atoms with van der Waals surface area (Å²) in [4.78, 5) is 0. The van der Waals surface area contributed by atoms with Crippen LogP contribution in [0.15, 0.2) is 46.9 Å². The van der Waals surface area contributed by atoms with Gasteiger partial charge in [0.15, 0.2) is 11.5 Å². The van der Waals surface area contributed by atoms with Crippen LogP contribution < -0.4 is 9.47 Å². The van der Waals surface area contributed by atoms with Crippen molar-refractivity contribution in [1.29, 1.82) is 0 Å². The van der Waals surface area contributed by atoms with Crippen molar-refractivity contribution in [3.8, 4) is 23.0 Å². The Morgan fingerprint density at radius 3 is 2.67 bits per heavy atom. The summed E-state index contributed by atoms with van der Waals surface area (Å²) in [6, 6.07) is 11.7. The molecule has 120 valence electrons. The smallest absolute Gasteiger partial charge is 0.248 e. The summed E-state index contributed by atoms with van der Waals surface area (Å²) in [5.74, 6) is 1.79. The maximum absolute atomic E-state index is 13.1. The van der Waals surface area contributed by atoms with E-state index < -0.39 is 0 Å². The molecule has 24 heavy (non-hydrogen) atoms. The second-order valence-corrected chi connectivity index (χ2v) is 5.19. The van der Waals surface area contributed by atoms with Crippen LogP contribution >= 0.6 is 0 Å². The fraction of sp³-hybridized carbons (Fsp3) is 0.111. The minimum Gasteiger partial charge on any atom is -0.486 e. The molecular weight excluding hydrogens is 311 g/mol. The average molecular weight is 324 g/mol. The molecule has 6 heteroatoms. The van der Waals surface area contributed by atoms with Gasteiger partial charge in [-0.3, -0.25) is 0 Å². The minimum atomic E-state index is -0.292. The Kier molecular flexibility index (Phi) is 3.70. The van der Waals surface area contributed by atoms with Crippen LogP contribution in [-0.2, 0) is 0 Å². The highest BCUT2D eigenvalue weighted by Crippen LogP contribution is 2.34. The number of nitrogens with zero attached hydrogens (tertiary/aromatic N) is 2. The lowest BCUT2D eigenvalue weighted by Crippen LogP contribution is -2.15. The first-order valence-electron chi connectivity index (χ1n) is 7.45. The van der Waals surface area contributed by atoms with Crippen molar-refractivity contribution in [2.75, 3.05) is 13.2 Å². The Bertz CT molecular complexity index is 905. The van der Waals surface area contributed by atoms with Crippen molar-refractivity contribution < 1.29 is 18.3 Å². The van der Waals surface area contributed by atoms with Crippen molar-refractivity contribution in [2.45, 2.75) is 0 Å². The highest BCUT2D eigenvalue weighted by atomic mass is 19.1. The number of rotatable bonds is 3. The van der Waals surface area contributed by atoms with Crippen LogP contribution in [0.4, 0.5) is 4.39 Å². The van der Waals surface area contributed by atoms with Gasteiger partial charge >= 0.3 is 0 Å². The van der Waals surface area contributed by atoms with Crippen molar-refractivity contribution >= 4 is 12.2 Å². The molecule has 5 nitrogen and oxygen atoms in total. The van der Waals surface area contributed by atoms with Crippen molar-refractivity contribution in [3.05, 3.63) is 59.7 Å². The SMILES string of the molecule is Fc1cccc(/C=C/c2nnc(-c3ccc4c(c3)OCCO4)o2)c1. The van der Waals surface area contributed by atoms with Crippen LogP contribution in [0.1, 0.15) is 11.5 Å². The molecule has 0 bridgehead atoms. The van der Waals surface area contributed by atoms with E-state index >= 15 is 0 Å². The van der Waals surface area contributed by atoms with Gasteiger partial charge in [-0.2, -0.15) is 0 Å². The number of ether oxygens (including phenoxy) is 2. The molecule has 2 aromatic carbocycles. The third-order valence-corrected chi connectivity index (χ3v) is 3.50. The van der Waals surface area contributed by atoms with Crippen molar-refractivity contribution in [1.82, 2.24) is 10.2 Å².